The molecule has 2 aromatic heterocycles. The van der Waals surface area contributed by atoms with Crippen LogP contribution in [0.3, 0.4) is 0 Å². The van der Waals surface area contributed by atoms with Crippen LogP contribution in [0.25, 0.3) is 5.69 Å². The van der Waals surface area contributed by atoms with E-state index in [4.69, 9.17) is 21.1 Å². The lowest BCUT2D eigenvalue weighted by Gasteiger charge is -2.10. The van der Waals surface area contributed by atoms with E-state index in [-0.39, 0.29) is 17.5 Å². The van der Waals surface area contributed by atoms with Crippen LogP contribution in [0, 0.1) is 13.8 Å². The maximum atomic E-state index is 12.2. The third kappa shape index (κ3) is 3.32. The number of halogens is 1. The topological polar surface area (TPSA) is 77.7 Å². The van der Waals surface area contributed by atoms with E-state index >= 15 is 0 Å². The molecule has 0 saturated carbocycles. The summed E-state index contributed by atoms with van der Waals surface area (Å²) in [6, 6.07) is 11.0. The first kappa shape index (κ1) is 18.1. The molecular formula is C20H17ClN4O3. The molecular weight excluding hydrogens is 380 g/mol. The van der Waals surface area contributed by atoms with Crippen molar-refractivity contribution >= 4 is 23.7 Å². The van der Waals surface area contributed by atoms with Crippen LogP contribution in [0.5, 0.6) is 11.5 Å². The van der Waals surface area contributed by atoms with E-state index in [2.05, 4.69) is 20.1 Å². The summed E-state index contributed by atoms with van der Waals surface area (Å²) in [4.78, 5) is 16.0. The molecule has 1 N–H and O–H groups in total. The van der Waals surface area contributed by atoms with E-state index in [0.29, 0.717) is 0 Å². The monoisotopic (exact) mass is 396 g/mol. The minimum atomic E-state index is -0.418. The van der Waals surface area contributed by atoms with Crippen LogP contribution in [-0.2, 0) is 0 Å². The van der Waals surface area contributed by atoms with Crippen molar-refractivity contribution in [2.24, 2.45) is 5.10 Å². The average molecular weight is 397 g/mol. The van der Waals surface area contributed by atoms with Gasteiger partial charge in [-0.1, -0.05) is 11.6 Å². The number of amides is 1. The van der Waals surface area contributed by atoms with Crippen molar-refractivity contribution in [3.05, 3.63) is 70.3 Å². The average Bonchev–Trinajstić information content (AvgIpc) is 3.25. The Hall–Kier alpha value is -3.32. The van der Waals surface area contributed by atoms with Gasteiger partial charge in [0.2, 0.25) is 6.79 Å². The molecule has 1 aromatic carbocycles. The number of nitrogens with one attached hydrogen (secondary N) is 1. The second kappa shape index (κ2) is 7.36. The normalized spacial score (nSPS) is 12.5. The fourth-order valence-corrected chi connectivity index (χ4v) is 3.32. The van der Waals surface area contributed by atoms with Crippen molar-refractivity contribution in [3.63, 3.8) is 0 Å². The van der Waals surface area contributed by atoms with Gasteiger partial charge in [-0.3, -0.25) is 4.79 Å². The minimum Gasteiger partial charge on any atom is -0.454 e. The SMILES string of the molecule is Cc1cc(/C=N/NC(=O)c2cccnc2Cl)c(C)n1-c1ccc2c(c1)OCO2. The molecule has 28 heavy (non-hydrogen) atoms. The van der Waals surface area contributed by atoms with Crippen LogP contribution < -0.4 is 14.9 Å². The van der Waals surface area contributed by atoms with Gasteiger partial charge in [0.05, 0.1) is 11.8 Å². The van der Waals surface area contributed by atoms with Gasteiger partial charge < -0.3 is 14.0 Å². The zero-order valence-electron chi connectivity index (χ0n) is 15.3. The van der Waals surface area contributed by atoms with Crippen LogP contribution >= 0.6 is 11.6 Å². The summed E-state index contributed by atoms with van der Waals surface area (Å²) >= 11 is 5.93. The summed E-state index contributed by atoms with van der Waals surface area (Å²) in [7, 11) is 0. The van der Waals surface area contributed by atoms with Crippen molar-refractivity contribution in [3.8, 4) is 17.2 Å². The number of rotatable bonds is 4. The standard InChI is InChI=1S/C20H17ClN4O3/c1-12-8-14(10-23-24-20(26)16-4-3-7-22-19(16)21)13(2)25(12)15-5-6-17-18(9-15)28-11-27-17/h3-10H,11H2,1-2H3,(H,24,26)/b23-10+. The Morgan fingerprint density at radius 2 is 2.07 bits per heavy atom. The fourth-order valence-electron chi connectivity index (χ4n) is 3.12. The maximum Gasteiger partial charge on any atom is 0.274 e. The Kier molecular flexibility index (Phi) is 4.75. The Morgan fingerprint density at radius 3 is 2.89 bits per heavy atom. The largest absolute Gasteiger partial charge is 0.454 e. The van der Waals surface area contributed by atoms with Crippen LogP contribution in [0.15, 0.2) is 47.7 Å². The molecule has 142 valence electrons. The summed E-state index contributed by atoms with van der Waals surface area (Å²) < 4.78 is 12.9. The number of pyridine rings is 1. The summed E-state index contributed by atoms with van der Waals surface area (Å²) in [5.74, 6) is 1.05. The lowest BCUT2D eigenvalue weighted by molar-refractivity contribution is 0.0955. The highest BCUT2D eigenvalue weighted by Crippen LogP contribution is 2.34. The zero-order chi connectivity index (χ0) is 19.7. The smallest absolute Gasteiger partial charge is 0.274 e. The van der Waals surface area contributed by atoms with Gasteiger partial charge in [-0.05, 0) is 44.2 Å². The number of hydrazone groups is 1. The maximum absolute atomic E-state index is 12.2. The molecule has 7 nitrogen and oxygen atoms in total. The van der Waals surface area contributed by atoms with Gasteiger partial charge in [-0.2, -0.15) is 5.10 Å². The molecule has 0 bridgehead atoms. The summed E-state index contributed by atoms with van der Waals surface area (Å²) in [5.41, 5.74) is 6.60. The van der Waals surface area contributed by atoms with E-state index in [1.807, 2.05) is 38.1 Å². The molecule has 1 amide bonds. The van der Waals surface area contributed by atoms with Gasteiger partial charge in [-0.25, -0.2) is 10.4 Å². The third-order valence-electron chi connectivity index (χ3n) is 4.46. The number of aryl methyl sites for hydroxylation is 1. The van der Waals surface area contributed by atoms with Crippen LogP contribution in [0.1, 0.15) is 27.3 Å². The highest BCUT2D eigenvalue weighted by molar-refractivity contribution is 6.32. The first-order valence-electron chi connectivity index (χ1n) is 8.57. The molecule has 0 saturated heterocycles. The molecule has 0 spiro atoms. The molecule has 0 radical (unpaired) electrons. The number of ether oxygens (including phenoxy) is 2. The van der Waals surface area contributed by atoms with Gasteiger partial charge in [0, 0.05) is 34.9 Å². The minimum absolute atomic E-state index is 0.135. The molecule has 0 atom stereocenters. The van der Waals surface area contributed by atoms with E-state index < -0.39 is 5.91 Å². The molecule has 0 unspecified atom stereocenters. The molecule has 0 fully saturated rings. The summed E-state index contributed by atoms with van der Waals surface area (Å²) in [6.45, 7) is 4.22. The number of benzene rings is 1. The Labute approximate surface area is 166 Å². The molecule has 3 aromatic rings. The van der Waals surface area contributed by atoms with Gasteiger partial charge >= 0.3 is 0 Å². The Morgan fingerprint density at radius 1 is 1.25 bits per heavy atom. The molecule has 3 heterocycles. The number of hydrogen-bond acceptors (Lipinski definition) is 5. The fraction of sp³-hybridized carbons (Fsp3) is 0.150. The number of fused-ring (bicyclic) bond motifs is 1. The highest BCUT2D eigenvalue weighted by Gasteiger charge is 2.16. The predicted octanol–water partition coefficient (Wildman–Crippen LogP) is 3.64. The lowest BCUT2D eigenvalue weighted by Crippen LogP contribution is -2.18. The van der Waals surface area contributed by atoms with E-state index in [0.717, 1.165) is 34.1 Å². The lowest BCUT2D eigenvalue weighted by atomic mass is 10.2. The van der Waals surface area contributed by atoms with Gasteiger partial charge in [-0.15, -0.1) is 0 Å². The predicted molar refractivity (Wildman–Crippen MR) is 106 cm³/mol. The van der Waals surface area contributed by atoms with Crippen molar-refractivity contribution in [2.75, 3.05) is 6.79 Å². The Balaban J connectivity index is 1.55. The van der Waals surface area contributed by atoms with Crippen LogP contribution in [-0.4, -0.2) is 28.5 Å². The van der Waals surface area contributed by atoms with Crippen molar-refractivity contribution in [2.45, 2.75) is 13.8 Å². The Bertz CT molecular complexity index is 1090. The third-order valence-corrected chi connectivity index (χ3v) is 4.76. The molecule has 4 rings (SSSR count). The van der Waals surface area contributed by atoms with E-state index in [1.165, 1.54) is 6.20 Å². The first-order valence-corrected chi connectivity index (χ1v) is 8.95. The van der Waals surface area contributed by atoms with Gasteiger partial charge in [0.1, 0.15) is 5.15 Å². The van der Waals surface area contributed by atoms with Crippen LogP contribution in [0.4, 0.5) is 0 Å². The second-order valence-electron chi connectivity index (χ2n) is 6.24. The quantitative estimate of drug-likeness (QED) is 0.415. The first-order chi connectivity index (χ1) is 13.5. The summed E-state index contributed by atoms with van der Waals surface area (Å²) in [6.07, 6.45) is 3.13. The number of aromatic nitrogens is 2. The van der Waals surface area contributed by atoms with Crippen molar-refractivity contribution < 1.29 is 14.3 Å². The number of hydrogen-bond donors (Lipinski definition) is 1. The van der Waals surface area contributed by atoms with Crippen LogP contribution in [0.2, 0.25) is 5.15 Å². The highest BCUT2D eigenvalue weighted by atomic mass is 35.5. The van der Waals surface area contributed by atoms with Gasteiger partial charge in [0.15, 0.2) is 11.5 Å². The summed E-state index contributed by atoms with van der Waals surface area (Å²) in [5, 5.41) is 4.19. The molecule has 1 aliphatic heterocycles. The number of carbonyl (C=O) groups excluding carboxylic acids is 1. The number of carbonyl (C=O) groups is 1. The second-order valence-corrected chi connectivity index (χ2v) is 6.60. The van der Waals surface area contributed by atoms with E-state index in [9.17, 15) is 4.79 Å². The van der Waals surface area contributed by atoms with Gasteiger partial charge in [0.25, 0.3) is 5.91 Å². The van der Waals surface area contributed by atoms with E-state index in [1.54, 1.807) is 18.3 Å². The van der Waals surface area contributed by atoms with Crippen molar-refractivity contribution in [1.29, 1.82) is 0 Å². The molecule has 0 aliphatic carbocycles. The molecule has 8 heteroatoms. The zero-order valence-corrected chi connectivity index (χ0v) is 16.0. The van der Waals surface area contributed by atoms with Crippen molar-refractivity contribution in [1.82, 2.24) is 15.0 Å². The molecule has 1 aliphatic rings. The number of nitrogens with zero attached hydrogens (tertiary/aromatic N) is 3.